The highest BCUT2D eigenvalue weighted by Crippen LogP contribution is 2.31. The van der Waals surface area contributed by atoms with Crippen LogP contribution in [0.5, 0.6) is 0 Å². The highest BCUT2D eigenvalue weighted by atomic mass is 32.2. The fourth-order valence-electron chi connectivity index (χ4n) is 3.99. The molecule has 7 heteroatoms. The Bertz CT molecular complexity index is 1310. The average Bonchev–Trinajstić information content (AvgIpc) is 3.47. The van der Waals surface area contributed by atoms with Crippen molar-refractivity contribution in [3.8, 4) is 11.4 Å². The molecular formula is C29H34N4O2S. The minimum absolute atomic E-state index is 0.0698. The highest BCUT2D eigenvalue weighted by Gasteiger charge is 2.21. The van der Waals surface area contributed by atoms with E-state index in [4.69, 9.17) is 4.42 Å². The maximum Gasteiger partial charge on any atom is 0.234 e. The van der Waals surface area contributed by atoms with Crippen molar-refractivity contribution in [2.45, 2.75) is 64.1 Å². The Kier molecular flexibility index (Phi) is 7.41. The van der Waals surface area contributed by atoms with Gasteiger partial charge in [0, 0.05) is 11.3 Å². The van der Waals surface area contributed by atoms with Crippen LogP contribution in [-0.2, 0) is 22.2 Å². The Morgan fingerprint density at radius 2 is 1.64 bits per heavy atom. The van der Waals surface area contributed by atoms with Gasteiger partial charge in [0.2, 0.25) is 5.91 Å². The number of carbonyl (C=O) groups is 1. The van der Waals surface area contributed by atoms with Crippen molar-refractivity contribution in [1.82, 2.24) is 14.8 Å². The van der Waals surface area contributed by atoms with Crippen molar-refractivity contribution < 1.29 is 9.21 Å². The number of para-hydroxylation sites is 1. The standard InChI is InChI=1S/C29H34N4O2S/c1-28(2,3)21-15-13-20(14-16-21)26-31-32-27(33(26)18-22-10-9-17-35-22)36-19-25(34)30-24-12-8-7-11-23(24)29(4,5)6/h7-17H,18-19H2,1-6H3,(H,30,34). The molecule has 0 aliphatic carbocycles. The molecule has 0 fully saturated rings. The van der Waals surface area contributed by atoms with E-state index in [-0.39, 0.29) is 22.5 Å². The Morgan fingerprint density at radius 3 is 2.28 bits per heavy atom. The lowest BCUT2D eigenvalue weighted by Gasteiger charge is -2.23. The minimum Gasteiger partial charge on any atom is -0.467 e. The van der Waals surface area contributed by atoms with Crippen molar-refractivity contribution in [3.63, 3.8) is 0 Å². The summed E-state index contributed by atoms with van der Waals surface area (Å²) in [5.74, 6) is 1.68. The van der Waals surface area contributed by atoms with E-state index < -0.39 is 0 Å². The number of hydrogen-bond acceptors (Lipinski definition) is 5. The number of thioether (sulfide) groups is 1. The molecule has 36 heavy (non-hydrogen) atoms. The van der Waals surface area contributed by atoms with Crippen molar-refractivity contribution in [2.24, 2.45) is 0 Å². The van der Waals surface area contributed by atoms with Crippen LogP contribution in [-0.4, -0.2) is 26.4 Å². The van der Waals surface area contributed by atoms with Crippen LogP contribution in [0, 0.1) is 0 Å². The van der Waals surface area contributed by atoms with Crippen molar-refractivity contribution >= 4 is 23.4 Å². The topological polar surface area (TPSA) is 73.0 Å². The third-order valence-corrected chi connectivity index (χ3v) is 6.93. The molecule has 0 aliphatic rings. The molecule has 0 spiro atoms. The van der Waals surface area contributed by atoms with E-state index >= 15 is 0 Å². The first kappa shape index (κ1) is 25.8. The van der Waals surface area contributed by atoms with E-state index in [9.17, 15) is 4.79 Å². The third kappa shape index (κ3) is 6.08. The number of amides is 1. The molecule has 0 atom stereocenters. The number of furan rings is 1. The SMILES string of the molecule is CC(C)(C)c1ccc(-c2nnc(SCC(=O)Nc3ccccc3C(C)(C)C)n2Cc2ccco2)cc1. The van der Waals surface area contributed by atoms with Crippen molar-refractivity contribution in [3.05, 3.63) is 83.8 Å². The zero-order valence-electron chi connectivity index (χ0n) is 21.8. The molecule has 0 aliphatic heterocycles. The molecule has 0 bridgehead atoms. The summed E-state index contributed by atoms with van der Waals surface area (Å²) in [6.45, 7) is 13.5. The lowest BCUT2D eigenvalue weighted by molar-refractivity contribution is -0.113. The van der Waals surface area contributed by atoms with Crippen LogP contribution in [0.15, 0.2) is 76.5 Å². The number of rotatable bonds is 7. The Balaban J connectivity index is 1.55. The molecule has 188 valence electrons. The summed E-state index contributed by atoms with van der Waals surface area (Å²) >= 11 is 1.37. The fourth-order valence-corrected chi connectivity index (χ4v) is 4.73. The summed E-state index contributed by atoms with van der Waals surface area (Å²) in [5.41, 5.74) is 4.16. The molecular weight excluding hydrogens is 468 g/mol. The van der Waals surface area contributed by atoms with Gasteiger partial charge in [0.15, 0.2) is 11.0 Å². The molecule has 4 rings (SSSR count). The van der Waals surface area contributed by atoms with Gasteiger partial charge in [-0.2, -0.15) is 0 Å². The summed E-state index contributed by atoms with van der Waals surface area (Å²) in [6, 6.07) is 20.2. The van der Waals surface area contributed by atoms with Gasteiger partial charge in [0.1, 0.15) is 5.76 Å². The second-order valence-corrected chi connectivity index (χ2v) is 11.9. The summed E-state index contributed by atoms with van der Waals surface area (Å²) in [4.78, 5) is 12.9. The van der Waals surface area contributed by atoms with E-state index in [0.29, 0.717) is 11.7 Å². The number of benzene rings is 2. The average molecular weight is 503 g/mol. The Morgan fingerprint density at radius 1 is 0.917 bits per heavy atom. The predicted molar refractivity (Wildman–Crippen MR) is 146 cm³/mol. The summed E-state index contributed by atoms with van der Waals surface area (Å²) < 4.78 is 7.61. The molecule has 1 N–H and O–H groups in total. The third-order valence-electron chi connectivity index (χ3n) is 5.96. The van der Waals surface area contributed by atoms with Crippen molar-refractivity contribution in [2.75, 3.05) is 11.1 Å². The number of hydrogen-bond donors (Lipinski definition) is 1. The minimum atomic E-state index is -0.0830. The number of carbonyl (C=O) groups excluding carboxylic acids is 1. The van der Waals surface area contributed by atoms with Gasteiger partial charge >= 0.3 is 0 Å². The van der Waals surface area contributed by atoms with Crippen LogP contribution in [0.2, 0.25) is 0 Å². The predicted octanol–water partition coefficient (Wildman–Crippen LogP) is 6.91. The second-order valence-electron chi connectivity index (χ2n) is 10.9. The molecule has 0 saturated carbocycles. The first-order valence-electron chi connectivity index (χ1n) is 12.1. The van der Waals surface area contributed by atoms with E-state index in [1.165, 1.54) is 17.3 Å². The smallest absolute Gasteiger partial charge is 0.234 e. The fraction of sp³-hybridized carbons (Fsp3) is 0.345. The first-order chi connectivity index (χ1) is 17.0. The van der Waals surface area contributed by atoms with Gasteiger partial charge in [0.25, 0.3) is 0 Å². The van der Waals surface area contributed by atoms with E-state index in [0.717, 1.165) is 28.4 Å². The van der Waals surface area contributed by atoms with Crippen LogP contribution in [0.25, 0.3) is 11.4 Å². The molecule has 0 unspecified atom stereocenters. The van der Waals surface area contributed by atoms with Gasteiger partial charge in [-0.25, -0.2) is 0 Å². The Labute approximate surface area is 217 Å². The van der Waals surface area contributed by atoms with Gasteiger partial charge < -0.3 is 9.73 Å². The molecule has 1 amide bonds. The van der Waals surface area contributed by atoms with Gasteiger partial charge in [-0.3, -0.25) is 9.36 Å². The molecule has 0 saturated heterocycles. The van der Waals surface area contributed by atoms with Crippen LogP contribution < -0.4 is 5.32 Å². The maximum atomic E-state index is 12.9. The molecule has 4 aromatic rings. The van der Waals surface area contributed by atoms with Crippen LogP contribution in [0.3, 0.4) is 0 Å². The van der Waals surface area contributed by atoms with Crippen molar-refractivity contribution in [1.29, 1.82) is 0 Å². The summed E-state index contributed by atoms with van der Waals surface area (Å²) in [5, 5.41) is 12.7. The van der Waals surface area contributed by atoms with Gasteiger partial charge in [0.05, 0.1) is 18.6 Å². The maximum absolute atomic E-state index is 12.9. The normalized spacial score (nSPS) is 12.1. The van der Waals surface area contributed by atoms with Gasteiger partial charge in [-0.15, -0.1) is 10.2 Å². The molecule has 6 nitrogen and oxygen atoms in total. The molecule has 2 heterocycles. The van der Waals surface area contributed by atoms with Gasteiger partial charge in [-0.1, -0.05) is 95.8 Å². The summed E-state index contributed by atoms with van der Waals surface area (Å²) in [7, 11) is 0. The molecule has 0 radical (unpaired) electrons. The molecule has 2 aromatic carbocycles. The van der Waals surface area contributed by atoms with E-state index in [2.05, 4.69) is 87.4 Å². The second kappa shape index (κ2) is 10.3. The Hall–Kier alpha value is -3.32. The lowest BCUT2D eigenvalue weighted by Crippen LogP contribution is -2.20. The number of nitrogens with one attached hydrogen (secondary N) is 1. The monoisotopic (exact) mass is 502 g/mol. The zero-order chi connectivity index (χ0) is 25.9. The quantitative estimate of drug-likeness (QED) is 0.278. The van der Waals surface area contributed by atoms with Crippen LogP contribution >= 0.6 is 11.8 Å². The summed E-state index contributed by atoms with van der Waals surface area (Å²) in [6.07, 6.45) is 1.66. The van der Waals surface area contributed by atoms with Gasteiger partial charge in [-0.05, 0) is 40.2 Å². The number of aromatic nitrogens is 3. The van der Waals surface area contributed by atoms with E-state index in [1.54, 1.807) is 6.26 Å². The van der Waals surface area contributed by atoms with E-state index in [1.807, 2.05) is 34.9 Å². The largest absolute Gasteiger partial charge is 0.467 e. The number of anilines is 1. The lowest BCUT2D eigenvalue weighted by atomic mass is 9.86. The zero-order valence-corrected chi connectivity index (χ0v) is 22.6. The van der Waals surface area contributed by atoms with Crippen LogP contribution in [0.4, 0.5) is 5.69 Å². The molecule has 2 aromatic heterocycles. The highest BCUT2D eigenvalue weighted by molar-refractivity contribution is 7.99. The first-order valence-corrected chi connectivity index (χ1v) is 13.1. The van der Waals surface area contributed by atoms with Crippen LogP contribution in [0.1, 0.15) is 58.4 Å². The number of nitrogens with zero attached hydrogens (tertiary/aromatic N) is 3.